The van der Waals surface area contributed by atoms with Crippen molar-refractivity contribution in [2.24, 2.45) is 0 Å². The number of hydrogen-bond donors (Lipinski definition) is 1. The SMILES string of the molecule is CC(C)Oc1ccc(Oc2ccc(NC(=O)CCl)cc2)cc1. The van der Waals surface area contributed by atoms with Crippen molar-refractivity contribution in [3.8, 4) is 17.2 Å². The molecule has 2 aromatic rings. The topological polar surface area (TPSA) is 47.6 Å². The maximum Gasteiger partial charge on any atom is 0.239 e. The van der Waals surface area contributed by atoms with Gasteiger partial charge in [0.15, 0.2) is 0 Å². The fourth-order valence-electron chi connectivity index (χ4n) is 1.80. The monoisotopic (exact) mass is 319 g/mol. The van der Waals surface area contributed by atoms with Gasteiger partial charge in [0.05, 0.1) is 6.10 Å². The second kappa shape index (κ2) is 7.71. The molecule has 1 amide bonds. The highest BCUT2D eigenvalue weighted by molar-refractivity contribution is 6.29. The van der Waals surface area contributed by atoms with E-state index in [1.54, 1.807) is 24.3 Å². The van der Waals surface area contributed by atoms with E-state index in [0.29, 0.717) is 17.2 Å². The van der Waals surface area contributed by atoms with Gasteiger partial charge >= 0.3 is 0 Å². The molecular weight excluding hydrogens is 302 g/mol. The Morgan fingerprint density at radius 2 is 1.50 bits per heavy atom. The van der Waals surface area contributed by atoms with Crippen molar-refractivity contribution in [1.29, 1.82) is 0 Å². The Morgan fingerprint density at radius 3 is 2.00 bits per heavy atom. The number of rotatable bonds is 6. The third-order valence-corrected chi connectivity index (χ3v) is 2.93. The number of benzene rings is 2. The van der Waals surface area contributed by atoms with E-state index in [2.05, 4.69) is 5.32 Å². The lowest BCUT2D eigenvalue weighted by atomic mass is 10.3. The highest BCUT2D eigenvalue weighted by Crippen LogP contribution is 2.25. The van der Waals surface area contributed by atoms with E-state index in [9.17, 15) is 4.79 Å². The van der Waals surface area contributed by atoms with E-state index in [1.807, 2.05) is 38.1 Å². The van der Waals surface area contributed by atoms with E-state index >= 15 is 0 Å². The van der Waals surface area contributed by atoms with Gasteiger partial charge in [-0.3, -0.25) is 4.79 Å². The van der Waals surface area contributed by atoms with Crippen LogP contribution in [-0.4, -0.2) is 17.9 Å². The molecule has 0 bridgehead atoms. The Labute approximate surface area is 135 Å². The van der Waals surface area contributed by atoms with Crippen LogP contribution >= 0.6 is 11.6 Å². The summed E-state index contributed by atoms with van der Waals surface area (Å²) in [6.45, 7) is 3.96. The van der Waals surface area contributed by atoms with Crippen LogP contribution in [0.2, 0.25) is 0 Å². The minimum atomic E-state index is -0.240. The maximum absolute atomic E-state index is 11.2. The molecular formula is C17H18ClNO3. The molecule has 0 aromatic heterocycles. The van der Waals surface area contributed by atoms with Gasteiger partial charge < -0.3 is 14.8 Å². The summed E-state index contributed by atoms with van der Waals surface area (Å²) in [7, 11) is 0. The number of anilines is 1. The smallest absolute Gasteiger partial charge is 0.239 e. The summed E-state index contributed by atoms with van der Waals surface area (Å²) in [5.74, 6) is 1.90. The molecule has 0 aliphatic heterocycles. The summed E-state index contributed by atoms with van der Waals surface area (Å²) in [5.41, 5.74) is 0.679. The van der Waals surface area contributed by atoms with Crippen LogP contribution in [-0.2, 0) is 4.79 Å². The summed E-state index contributed by atoms with van der Waals surface area (Å²) >= 11 is 5.44. The Balaban J connectivity index is 1.97. The van der Waals surface area contributed by atoms with E-state index in [0.717, 1.165) is 5.75 Å². The van der Waals surface area contributed by atoms with Gasteiger partial charge in [-0.15, -0.1) is 11.6 Å². The van der Waals surface area contributed by atoms with E-state index in [-0.39, 0.29) is 17.9 Å². The van der Waals surface area contributed by atoms with E-state index in [4.69, 9.17) is 21.1 Å². The molecule has 0 fully saturated rings. The van der Waals surface area contributed by atoms with Crippen LogP contribution in [0.1, 0.15) is 13.8 Å². The average molecular weight is 320 g/mol. The summed E-state index contributed by atoms with van der Waals surface area (Å²) in [5, 5.41) is 2.67. The van der Waals surface area contributed by atoms with Gasteiger partial charge in [0, 0.05) is 5.69 Å². The molecule has 0 saturated heterocycles. The van der Waals surface area contributed by atoms with Crippen molar-refractivity contribution >= 4 is 23.2 Å². The Morgan fingerprint density at radius 1 is 1.00 bits per heavy atom. The van der Waals surface area contributed by atoms with Crippen molar-refractivity contribution in [1.82, 2.24) is 0 Å². The molecule has 2 aromatic carbocycles. The highest BCUT2D eigenvalue weighted by Gasteiger charge is 2.02. The number of halogens is 1. The standard InChI is InChI=1S/C17H18ClNO3/c1-12(2)21-14-7-9-16(10-8-14)22-15-5-3-13(4-6-15)19-17(20)11-18/h3-10,12H,11H2,1-2H3,(H,19,20). The summed E-state index contributed by atoms with van der Waals surface area (Å²) < 4.78 is 11.3. The van der Waals surface area contributed by atoms with Gasteiger partial charge in [-0.2, -0.15) is 0 Å². The van der Waals surface area contributed by atoms with Crippen LogP contribution in [0.5, 0.6) is 17.2 Å². The molecule has 0 unspecified atom stereocenters. The number of ether oxygens (including phenoxy) is 2. The van der Waals surface area contributed by atoms with Crippen LogP contribution in [0.4, 0.5) is 5.69 Å². The predicted octanol–water partition coefficient (Wildman–Crippen LogP) is 4.44. The minimum Gasteiger partial charge on any atom is -0.491 e. The molecule has 5 heteroatoms. The van der Waals surface area contributed by atoms with Gasteiger partial charge in [-0.1, -0.05) is 0 Å². The molecule has 1 N–H and O–H groups in total. The van der Waals surface area contributed by atoms with Crippen molar-refractivity contribution < 1.29 is 14.3 Å². The molecule has 2 rings (SSSR count). The zero-order valence-corrected chi connectivity index (χ0v) is 13.3. The molecule has 116 valence electrons. The van der Waals surface area contributed by atoms with Crippen molar-refractivity contribution in [3.63, 3.8) is 0 Å². The van der Waals surface area contributed by atoms with E-state index < -0.39 is 0 Å². The van der Waals surface area contributed by atoms with Crippen molar-refractivity contribution in [2.45, 2.75) is 20.0 Å². The van der Waals surface area contributed by atoms with Crippen LogP contribution in [0.25, 0.3) is 0 Å². The predicted molar refractivity (Wildman–Crippen MR) is 88.1 cm³/mol. The summed E-state index contributed by atoms with van der Waals surface area (Å²) in [4.78, 5) is 11.2. The van der Waals surface area contributed by atoms with Crippen LogP contribution < -0.4 is 14.8 Å². The van der Waals surface area contributed by atoms with Gasteiger partial charge in [0.2, 0.25) is 5.91 Å². The molecule has 0 heterocycles. The minimum absolute atomic E-state index is 0.0664. The van der Waals surface area contributed by atoms with Crippen LogP contribution in [0.15, 0.2) is 48.5 Å². The molecule has 0 saturated carbocycles. The molecule has 4 nitrogen and oxygen atoms in total. The Hall–Kier alpha value is -2.20. The molecule has 22 heavy (non-hydrogen) atoms. The van der Waals surface area contributed by atoms with Gasteiger partial charge in [-0.05, 0) is 62.4 Å². The first-order chi connectivity index (χ1) is 10.6. The normalized spacial score (nSPS) is 10.4. The first-order valence-electron chi connectivity index (χ1n) is 6.97. The third kappa shape index (κ3) is 4.97. The maximum atomic E-state index is 11.2. The third-order valence-electron chi connectivity index (χ3n) is 2.69. The number of nitrogens with one attached hydrogen (secondary N) is 1. The first kappa shape index (κ1) is 16.2. The zero-order chi connectivity index (χ0) is 15.9. The fraction of sp³-hybridized carbons (Fsp3) is 0.235. The summed E-state index contributed by atoms with van der Waals surface area (Å²) in [6.07, 6.45) is 0.141. The van der Waals surface area contributed by atoms with Crippen molar-refractivity contribution in [2.75, 3.05) is 11.2 Å². The van der Waals surface area contributed by atoms with Crippen LogP contribution in [0.3, 0.4) is 0 Å². The average Bonchev–Trinajstić information content (AvgIpc) is 2.50. The van der Waals surface area contributed by atoms with Crippen LogP contribution in [0, 0.1) is 0 Å². The number of hydrogen-bond acceptors (Lipinski definition) is 3. The first-order valence-corrected chi connectivity index (χ1v) is 7.50. The number of carbonyl (C=O) groups excluding carboxylic acids is 1. The fourth-order valence-corrected chi connectivity index (χ4v) is 1.86. The van der Waals surface area contributed by atoms with Gasteiger partial charge in [0.25, 0.3) is 0 Å². The summed E-state index contributed by atoms with van der Waals surface area (Å²) in [6, 6.07) is 14.5. The lowest BCUT2D eigenvalue weighted by Crippen LogP contribution is -2.12. The molecule has 0 aliphatic rings. The lowest BCUT2D eigenvalue weighted by molar-refractivity contribution is -0.113. The van der Waals surface area contributed by atoms with E-state index in [1.165, 1.54) is 0 Å². The Kier molecular flexibility index (Phi) is 5.67. The van der Waals surface area contributed by atoms with Gasteiger partial charge in [-0.25, -0.2) is 0 Å². The second-order valence-corrected chi connectivity index (χ2v) is 5.21. The molecule has 0 radical (unpaired) electrons. The van der Waals surface area contributed by atoms with Crippen molar-refractivity contribution in [3.05, 3.63) is 48.5 Å². The van der Waals surface area contributed by atoms with Gasteiger partial charge in [0.1, 0.15) is 23.1 Å². The quantitative estimate of drug-likeness (QED) is 0.800. The highest BCUT2D eigenvalue weighted by atomic mass is 35.5. The number of amides is 1. The Bertz CT molecular complexity index is 609. The number of alkyl halides is 1. The molecule has 0 atom stereocenters. The second-order valence-electron chi connectivity index (χ2n) is 4.95. The number of carbonyl (C=O) groups is 1. The zero-order valence-electron chi connectivity index (χ0n) is 12.5. The molecule has 0 aliphatic carbocycles. The lowest BCUT2D eigenvalue weighted by Gasteiger charge is -2.11. The largest absolute Gasteiger partial charge is 0.491 e. The molecule has 0 spiro atoms.